The van der Waals surface area contributed by atoms with Gasteiger partial charge in [0, 0.05) is 43.6 Å². The summed E-state index contributed by atoms with van der Waals surface area (Å²) in [6, 6.07) is 11.9. The Bertz CT molecular complexity index is 1440. The number of rotatable bonds is 6. The molecule has 40 heavy (non-hydrogen) atoms. The van der Waals surface area contributed by atoms with E-state index in [1.54, 1.807) is 16.0 Å². The van der Waals surface area contributed by atoms with Gasteiger partial charge in [0.25, 0.3) is 5.91 Å². The predicted octanol–water partition coefficient (Wildman–Crippen LogP) is 1.77. The molecule has 1 aliphatic carbocycles. The molecule has 12 nitrogen and oxygen atoms in total. The maximum Gasteiger partial charge on any atom is 0.415 e. The number of pyridine rings is 1. The van der Waals surface area contributed by atoms with E-state index in [0.29, 0.717) is 25.2 Å². The molecule has 4 aliphatic rings. The summed E-state index contributed by atoms with van der Waals surface area (Å²) in [4.78, 5) is 55.3. The minimum atomic E-state index is -0.729. The molecule has 1 aromatic heterocycles. The van der Waals surface area contributed by atoms with E-state index >= 15 is 0 Å². The minimum Gasteiger partial charge on any atom is -0.456 e. The van der Waals surface area contributed by atoms with E-state index in [-0.39, 0.29) is 36.9 Å². The zero-order chi connectivity index (χ0) is 28.2. The Morgan fingerprint density at radius 2 is 1.95 bits per heavy atom. The third-order valence-electron chi connectivity index (χ3n) is 8.45. The van der Waals surface area contributed by atoms with Gasteiger partial charge in [0.2, 0.25) is 0 Å². The van der Waals surface area contributed by atoms with Crippen molar-refractivity contribution in [2.45, 2.75) is 30.9 Å². The van der Waals surface area contributed by atoms with Crippen LogP contribution in [0.3, 0.4) is 0 Å². The van der Waals surface area contributed by atoms with Gasteiger partial charge in [-0.05, 0) is 35.7 Å². The van der Waals surface area contributed by atoms with Crippen molar-refractivity contribution >= 4 is 29.8 Å². The van der Waals surface area contributed by atoms with Crippen molar-refractivity contribution in [3.63, 3.8) is 0 Å². The van der Waals surface area contributed by atoms with E-state index in [1.807, 2.05) is 30.3 Å². The van der Waals surface area contributed by atoms with Crippen LogP contribution in [-0.2, 0) is 35.6 Å². The topological polar surface area (TPSA) is 151 Å². The number of carbonyl (C=O) groups excluding carboxylic acids is 4. The van der Waals surface area contributed by atoms with Gasteiger partial charge in [-0.25, -0.2) is 9.59 Å². The fourth-order valence-electron chi connectivity index (χ4n) is 6.39. The van der Waals surface area contributed by atoms with Gasteiger partial charge < -0.3 is 24.4 Å². The number of hydrogen-bond acceptors (Lipinski definition) is 9. The highest BCUT2D eigenvalue weighted by atomic mass is 16.6. The SMILES string of the molecule is COC(=O)NC[C@@H]1OC(=O)N2c3ccc(-c4ccc(C5(C#N)[C@@H]6CN(C(=O)COC(C)=O)C[C@@H]65)nc4)cc3C[C@@H]12. The Kier molecular flexibility index (Phi) is 6.09. The van der Waals surface area contributed by atoms with Crippen LogP contribution in [0.2, 0.25) is 0 Å². The molecule has 12 heteroatoms. The number of esters is 1. The molecule has 3 amide bonds. The van der Waals surface area contributed by atoms with Gasteiger partial charge in [-0.15, -0.1) is 0 Å². The van der Waals surface area contributed by atoms with Gasteiger partial charge in [0.15, 0.2) is 6.61 Å². The number of ether oxygens (including phenoxy) is 3. The van der Waals surface area contributed by atoms with Crippen molar-refractivity contribution in [3.05, 3.63) is 47.8 Å². The molecule has 3 aliphatic heterocycles. The molecule has 1 saturated carbocycles. The first-order chi connectivity index (χ1) is 19.3. The summed E-state index contributed by atoms with van der Waals surface area (Å²) in [7, 11) is 1.28. The maximum absolute atomic E-state index is 12.5. The molecular weight excluding hydrogens is 518 g/mol. The largest absolute Gasteiger partial charge is 0.456 e. The molecule has 1 aromatic carbocycles. The van der Waals surface area contributed by atoms with Crippen LogP contribution in [0.15, 0.2) is 36.5 Å². The molecule has 1 N–H and O–H groups in total. The Morgan fingerprint density at radius 1 is 1.20 bits per heavy atom. The monoisotopic (exact) mass is 545 g/mol. The van der Waals surface area contributed by atoms with Crippen LogP contribution in [0.4, 0.5) is 15.3 Å². The summed E-state index contributed by atoms with van der Waals surface area (Å²) in [5.74, 6) is -0.774. The predicted molar refractivity (Wildman–Crippen MR) is 138 cm³/mol. The number of carbonyl (C=O) groups is 4. The van der Waals surface area contributed by atoms with Gasteiger partial charge >= 0.3 is 18.2 Å². The third-order valence-corrected chi connectivity index (χ3v) is 8.45. The summed E-state index contributed by atoms with van der Waals surface area (Å²) >= 11 is 0. The second kappa shape index (κ2) is 9.51. The third kappa shape index (κ3) is 4.00. The number of amides is 3. The number of nitriles is 1. The summed E-state index contributed by atoms with van der Waals surface area (Å²) in [5, 5.41) is 12.7. The van der Waals surface area contributed by atoms with Crippen LogP contribution in [0.1, 0.15) is 18.2 Å². The average molecular weight is 546 g/mol. The average Bonchev–Trinajstić information content (AvgIpc) is 3.32. The Morgan fingerprint density at radius 3 is 2.60 bits per heavy atom. The maximum atomic E-state index is 12.5. The molecule has 3 fully saturated rings. The van der Waals surface area contributed by atoms with Crippen molar-refractivity contribution in [2.24, 2.45) is 11.8 Å². The fraction of sp³-hybridized carbons (Fsp3) is 0.429. The molecule has 1 unspecified atom stereocenters. The second-order valence-electron chi connectivity index (χ2n) is 10.5. The molecule has 206 valence electrons. The number of methoxy groups -OCH3 is 1. The first-order valence-corrected chi connectivity index (χ1v) is 13.0. The quantitative estimate of drug-likeness (QED) is 0.423. The number of benzene rings is 1. The van der Waals surface area contributed by atoms with E-state index in [0.717, 1.165) is 22.4 Å². The molecule has 2 saturated heterocycles. The molecule has 2 aromatic rings. The number of nitrogens with zero attached hydrogens (tertiary/aromatic N) is 4. The van der Waals surface area contributed by atoms with E-state index in [4.69, 9.17) is 9.47 Å². The molecule has 4 heterocycles. The van der Waals surface area contributed by atoms with Crippen molar-refractivity contribution in [2.75, 3.05) is 38.3 Å². The van der Waals surface area contributed by atoms with E-state index < -0.39 is 29.7 Å². The lowest BCUT2D eigenvalue weighted by Crippen LogP contribution is -2.40. The molecular formula is C28H27N5O7. The number of fused-ring (bicyclic) bond motifs is 4. The zero-order valence-corrected chi connectivity index (χ0v) is 22.0. The van der Waals surface area contributed by atoms with Crippen molar-refractivity contribution in [3.8, 4) is 17.2 Å². The summed E-state index contributed by atoms with van der Waals surface area (Å²) < 4.78 is 14.9. The molecule has 6 rings (SSSR count). The van der Waals surface area contributed by atoms with Crippen molar-refractivity contribution in [1.29, 1.82) is 5.26 Å². The number of piperidine rings is 1. The molecule has 0 radical (unpaired) electrons. The van der Waals surface area contributed by atoms with Crippen molar-refractivity contribution in [1.82, 2.24) is 15.2 Å². The smallest absolute Gasteiger partial charge is 0.415 e. The van der Waals surface area contributed by atoms with Crippen LogP contribution in [0.5, 0.6) is 0 Å². The lowest BCUT2D eigenvalue weighted by atomic mass is 9.95. The zero-order valence-electron chi connectivity index (χ0n) is 22.0. The number of anilines is 1. The normalized spacial score (nSPS) is 27.2. The Hall–Kier alpha value is -4.66. The first-order valence-electron chi connectivity index (χ1n) is 13.0. The number of likely N-dealkylation sites (tertiary alicyclic amines) is 1. The van der Waals surface area contributed by atoms with Crippen LogP contribution >= 0.6 is 0 Å². The number of aromatic nitrogens is 1. The summed E-state index contributed by atoms with van der Waals surface area (Å²) in [5.41, 5.74) is 3.54. The van der Waals surface area contributed by atoms with Crippen LogP contribution in [0.25, 0.3) is 11.1 Å². The first kappa shape index (κ1) is 25.6. The van der Waals surface area contributed by atoms with Crippen molar-refractivity contribution < 1.29 is 33.4 Å². The molecule has 0 spiro atoms. The highest BCUT2D eigenvalue weighted by molar-refractivity contribution is 5.94. The van der Waals surface area contributed by atoms with E-state index in [9.17, 15) is 24.4 Å². The molecule has 0 bridgehead atoms. The Balaban J connectivity index is 1.14. The second-order valence-corrected chi connectivity index (χ2v) is 10.5. The van der Waals surface area contributed by atoms with Crippen LogP contribution in [0, 0.1) is 23.2 Å². The lowest BCUT2D eigenvalue weighted by Gasteiger charge is -2.22. The fourth-order valence-corrected chi connectivity index (χ4v) is 6.39. The highest BCUT2D eigenvalue weighted by Crippen LogP contribution is 2.62. The number of hydrogen-bond donors (Lipinski definition) is 1. The van der Waals surface area contributed by atoms with Gasteiger partial charge in [-0.2, -0.15) is 5.26 Å². The Labute approximate surface area is 229 Å². The lowest BCUT2D eigenvalue weighted by molar-refractivity contribution is -0.150. The van der Waals surface area contributed by atoms with E-state index in [1.165, 1.54) is 14.0 Å². The van der Waals surface area contributed by atoms with Gasteiger partial charge in [0.05, 0.1) is 37.1 Å². The van der Waals surface area contributed by atoms with Gasteiger partial charge in [0.1, 0.15) is 11.5 Å². The van der Waals surface area contributed by atoms with Gasteiger partial charge in [-0.1, -0.05) is 12.1 Å². The van der Waals surface area contributed by atoms with Gasteiger partial charge in [-0.3, -0.25) is 19.5 Å². The summed E-state index contributed by atoms with van der Waals surface area (Å²) in [6.45, 7) is 2.00. The minimum absolute atomic E-state index is 0.00745. The van der Waals surface area contributed by atoms with Crippen LogP contribution < -0.4 is 10.2 Å². The van der Waals surface area contributed by atoms with Crippen LogP contribution in [-0.4, -0.2) is 79.4 Å². The standard InChI is InChI=1S/C28H27N5O7/c1-15(34)39-13-25(35)32-11-19-20(12-32)28(19,14-29)24-6-4-17(9-30-24)16-3-5-21-18(7-16)8-22-23(10-31-26(36)38-2)40-27(37)33(21)22/h3-7,9,19-20,22-23H,8,10-13H2,1-2H3,(H,31,36)/t19-,20+,22-,23-,28?/m0/s1. The highest BCUT2D eigenvalue weighted by Gasteiger charge is 2.71. The summed E-state index contributed by atoms with van der Waals surface area (Å²) in [6.07, 6.45) is 0.823. The number of nitrogens with one attached hydrogen (secondary N) is 1. The number of alkyl carbamates (subject to hydrolysis) is 1. The van der Waals surface area contributed by atoms with E-state index in [2.05, 4.69) is 21.1 Å². The molecule has 5 atom stereocenters. The number of cyclic esters (lactones) is 1.